The first-order valence-electron chi connectivity index (χ1n) is 5.78. The van der Waals surface area contributed by atoms with Crippen LogP contribution in [0.25, 0.3) is 0 Å². The third kappa shape index (κ3) is 6.62. The lowest BCUT2D eigenvalue weighted by atomic mass is 10.3. The topological polar surface area (TPSA) is 114 Å². The largest absolute Gasteiger partial charge is 0.497 e. The van der Waals surface area contributed by atoms with Gasteiger partial charge in [0, 0.05) is 12.2 Å². The number of nitrogens with one attached hydrogen (secondary N) is 2. The van der Waals surface area contributed by atoms with E-state index in [1.54, 1.807) is 24.3 Å². The fourth-order valence-electron chi connectivity index (χ4n) is 1.18. The molecule has 0 fully saturated rings. The number of hydrogen-bond donors (Lipinski definition) is 3. The van der Waals surface area contributed by atoms with Gasteiger partial charge < -0.3 is 14.6 Å². The SMILES string of the molecule is COc1ccc(OCC(=O)NNC(=O)C=CC(=O)O)cc1. The lowest BCUT2D eigenvalue weighted by Crippen LogP contribution is -2.43. The van der Waals surface area contributed by atoms with E-state index < -0.39 is 17.8 Å². The highest BCUT2D eigenvalue weighted by atomic mass is 16.5. The van der Waals surface area contributed by atoms with E-state index in [0.29, 0.717) is 17.6 Å². The number of benzene rings is 1. The van der Waals surface area contributed by atoms with Crippen LogP contribution in [0.3, 0.4) is 0 Å². The van der Waals surface area contributed by atoms with Crippen LogP contribution >= 0.6 is 0 Å². The lowest BCUT2D eigenvalue weighted by molar-refractivity contribution is -0.131. The Balaban J connectivity index is 2.30. The number of carboxylic acids is 1. The highest BCUT2D eigenvalue weighted by molar-refractivity contribution is 5.94. The molecule has 2 amide bonds. The monoisotopic (exact) mass is 294 g/mol. The number of ether oxygens (including phenoxy) is 2. The fraction of sp³-hybridized carbons (Fsp3) is 0.154. The zero-order valence-electron chi connectivity index (χ0n) is 11.2. The average Bonchev–Trinajstić information content (AvgIpc) is 2.49. The molecule has 0 atom stereocenters. The van der Waals surface area contributed by atoms with Crippen LogP contribution in [0.1, 0.15) is 0 Å². The van der Waals surface area contributed by atoms with Crippen molar-refractivity contribution < 1.29 is 29.0 Å². The predicted octanol–water partition coefficient (Wildman–Crippen LogP) is -0.138. The Morgan fingerprint density at radius 1 is 1.10 bits per heavy atom. The number of amides is 2. The summed E-state index contributed by atoms with van der Waals surface area (Å²) in [5.41, 5.74) is 4.07. The summed E-state index contributed by atoms with van der Waals surface area (Å²) in [5.74, 6) is -1.51. The summed E-state index contributed by atoms with van der Waals surface area (Å²) in [6.07, 6.45) is 1.42. The highest BCUT2D eigenvalue weighted by Crippen LogP contribution is 2.16. The molecule has 0 saturated carbocycles. The molecule has 0 aliphatic carbocycles. The summed E-state index contributed by atoms with van der Waals surface area (Å²) >= 11 is 0. The first kappa shape index (κ1) is 16.0. The Hall–Kier alpha value is -3.03. The molecular formula is C13H14N2O6. The van der Waals surface area contributed by atoms with Crippen LogP contribution in [0.5, 0.6) is 11.5 Å². The molecule has 0 radical (unpaired) electrons. The minimum Gasteiger partial charge on any atom is -0.497 e. The van der Waals surface area contributed by atoms with Crippen LogP contribution < -0.4 is 20.3 Å². The summed E-state index contributed by atoms with van der Waals surface area (Å²) in [5, 5.41) is 8.30. The molecule has 1 aromatic rings. The summed E-state index contributed by atoms with van der Waals surface area (Å²) in [4.78, 5) is 32.6. The Morgan fingerprint density at radius 3 is 2.29 bits per heavy atom. The molecule has 0 spiro atoms. The number of hydrogen-bond acceptors (Lipinski definition) is 5. The van der Waals surface area contributed by atoms with Crippen molar-refractivity contribution in [1.82, 2.24) is 10.9 Å². The molecule has 0 aliphatic heterocycles. The van der Waals surface area contributed by atoms with Crippen molar-refractivity contribution in [3.63, 3.8) is 0 Å². The summed E-state index contributed by atoms with van der Waals surface area (Å²) < 4.78 is 10.1. The van der Waals surface area contributed by atoms with Gasteiger partial charge in [-0.05, 0) is 24.3 Å². The molecule has 8 nitrogen and oxygen atoms in total. The van der Waals surface area contributed by atoms with E-state index in [4.69, 9.17) is 14.6 Å². The van der Waals surface area contributed by atoms with Crippen molar-refractivity contribution in [1.29, 1.82) is 0 Å². The molecule has 1 rings (SSSR count). The highest BCUT2D eigenvalue weighted by Gasteiger charge is 2.04. The summed E-state index contributed by atoms with van der Waals surface area (Å²) in [6, 6.07) is 6.60. The molecule has 0 heterocycles. The Kier molecular flexibility index (Phi) is 6.26. The van der Waals surface area contributed by atoms with E-state index in [1.165, 1.54) is 7.11 Å². The molecule has 0 saturated heterocycles. The molecule has 8 heteroatoms. The predicted molar refractivity (Wildman–Crippen MR) is 71.6 cm³/mol. The third-order valence-electron chi connectivity index (χ3n) is 2.13. The molecule has 0 aromatic heterocycles. The number of carboxylic acid groups (broad SMARTS) is 1. The maximum Gasteiger partial charge on any atom is 0.328 e. The second kappa shape index (κ2) is 8.20. The fourth-order valence-corrected chi connectivity index (χ4v) is 1.18. The van der Waals surface area contributed by atoms with Crippen molar-refractivity contribution in [2.45, 2.75) is 0 Å². The van der Waals surface area contributed by atoms with E-state index in [1.807, 2.05) is 5.43 Å². The molecule has 0 unspecified atom stereocenters. The van der Waals surface area contributed by atoms with Gasteiger partial charge in [-0.25, -0.2) is 4.79 Å². The van der Waals surface area contributed by atoms with Crippen molar-refractivity contribution in [2.24, 2.45) is 0 Å². The molecular weight excluding hydrogens is 280 g/mol. The first-order valence-corrected chi connectivity index (χ1v) is 5.78. The maximum atomic E-state index is 11.4. The maximum absolute atomic E-state index is 11.4. The summed E-state index contributed by atoms with van der Waals surface area (Å²) in [7, 11) is 1.53. The molecule has 0 bridgehead atoms. The lowest BCUT2D eigenvalue weighted by Gasteiger charge is -2.08. The molecule has 112 valence electrons. The zero-order chi connectivity index (χ0) is 15.7. The zero-order valence-corrected chi connectivity index (χ0v) is 11.2. The van der Waals surface area contributed by atoms with E-state index in [-0.39, 0.29) is 6.61 Å². The van der Waals surface area contributed by atoms with Crippen molar-refractivity contribution in [2.75, 3.05) is 13.7 Å². The second-order valence-electron chi connectivity index (χ2n) is 3.67. The quantitative estimate of drug-likeness (QED) is 0.497. The number of methoxy groups -OCH3 is 1. The van der Waals surface area contributed by atoms with Gasteiger partial charge in [-0.2, -0.15) is 0 Å². The molecule has 1 aromatic carbocycles. The minimum atomic E-state index is -1.26. The van der Waals surface area contributed by atoms with Gasteiger partial charge in [-0.3, -0.25) is 20.4 Å². The summed E-state index contributed by atoms with van der Waals surface area (Å²) in [6.45, 7) is -0.310. The molecule has 3 N–H and O–H groups in total. The number of hydrazine groups is 1. The van der Waals surface area contributed by atoms with Crippen molar-refractivity contribution in [3.8, 4) is 11.5 Å². The Bertz CT molecular complexity index is 538. The molecule has 21 heavy (non-hydrogen) atoms. The van der Waals surface area contributed by atoms with Crippen LogP contribution in [0.4, 0.5) is 0 Å². The van der Waals surface area contributed by atoms with Crippen LogP contribution in [-0.2, 0) is 14.4 Å². The van der Waals surface area contributed by atoms with Crippen LogP contribution in [0.2, 0.25) is 0 Å². The molecule has 0 aliphatic rings. The Labute approximate surface area is 120 Å². The normalized spacial score (nSPS) is 9.95. The average molecular weight is 294 g/mol. The number of carbonyl (C=O) groups excluding carboxylic acids is 2. The number of aliphatic carboxylic acids is 1. The van der Waals surface area contributed by atoms with Crippen LogP contribution in [-0.4, -0.2) is 36.6 Å². The van der Waals surface area contributed by atoms with Gasteiger partial charge >= 0.3 is 5.97 Å². The van der Waals surface area contributed by atoms with Crippen LogP contribution in [0, 0.1) is 0 Å². The minimum absolute atomic E-state index is 0.310. The first-order chi connectivity index (χ1) is 10.0. The van der Waals surface area contributed by atoms with Gasteiger partial charge in [0.15, 0.2) is 6.61 Å². The third-order valence-corrected chi connectivity index (χ3v) is 2.13. The van der Waals surface area contributed by atoms with Gasteiger partial charge in [0.25, 0.3) is 11.8 Å². The second-order valence-corrected chi connectivity index (χ2v) is 3.67. The van der Waals surface area contributed by atoms with E-state index in [0.717, 1.165) is 6.08 Å². The van der Waals surface area contributed by atoms with Gasteiger partial charge in [-0.15, -0.1) is 0 Å². The van der Waals surface area contributed by atoms with Gasteiger partial charge in [0.1, 0.15) is 11.5 Å². The van der Waals surface area contributed by atoms with Gasteiger partial charge in [0.2, 0.25) is 0 Å². The van der Waals surface area contributed by atoms with Crippen LogP contribution in [0.15, 0.2) is 36.4 Å². The number of carbonyl (C=O) groups is 3. The van der Waals surface area contributed by atoms with E-state index in [9.17, 15) is 14.4 Å². The van der Waals surface area contributed by atoms with E-state index >= 15 is 0 Å². The smallest absolute Gasteiger partial charge is 0.328 e. The Morgan fingerprint density at radius 2 is 1.71 bits per heavy atom. The van der Waals surface area contributed by atoms with Crippen molar-refractivity contribution >= 4 is 17.8 Å². The van der Waals surface area contributed by atoms with E-state index in [2.05, 4.69) is 5.43 Å². The number of rotatable bonds is 6. The van der Waals surface area contributed by atoms with Gasteiger partial charge in [0.05, 0.1) is 7.11 Å². The van der Waals surface area contributed by atoms with Crippen molar-refractivity contribution in [3.05, 3.63) is 36.4 Å². The van der Waals surface area contributed by atoms with Gasteiger partial charge in [-0.1, -0.05) is 0 Å². The standard InChI is InChI=1S/C13H14N2O6/c1-20-9-2-4-10(5-3-9)21-8-12(17)15-14-11(16)6-7-13(18)19/h2-7H,8H2,1H3,(H,14,16)(H,15,17)(H,18,19).